The molecule has 1 aromatic rings. The Morgan fingerprint density at radius 2 is 1.93 bits per heavy atom. The Kier molecular flexibility index (Phi) is 7.70. The highest BCUT2D eigenvalue weighted by Gasteiger charge is 2.32. The standard InChI is InChI=1S/C18H19N3O5S2/c19-14(22)7-6-12(17(25)26)20-15(23)8-9-21-16(24)13(28-18(21)27)10-11-4-2-1-3-5-11/h1-5,10,12H,6-9H2,(H2,19,22)(H,20,23)(H,25,26)/b13-10+. The van der Waals surface area contributed by atoms with Crippen LogP contribution >= 0.6 is 24.0 Å². The molecule has 0 aliphatic carbocycles. The van der Waals surface area contributed by atoms with Crippen molar-refractivity contribution in [3.8, 4) is 0 Å². The number of hydrogen-bond acceptors (Lipinski definition) is 6. The Morgan fingerprint density at radius 1 is 1.25 bits per heavy atom. The van der Waals surface area contributed by atoms with Gasteiger partial charge in [-0.3, -0.25) is 19.3 Å². The zero-order valence-corrected chi connectivity index (χ0v) is 16.4. The third-order valence-corrected chi connectivity index (χ3v) is 5.22. The third kappa shape index (κ3) is 6.17. The first-order valence-corrected chi connectivity index (χ1v) is 9.61. The second-order valence-corrected chi connectivity index (χ2v) is 7.63. The summed E-state index contributed by atoms with van der Waals surface area (Å²) in [4.78, 5) is 48.3. The summed E-state index contributed by atoms with van der Waals surface area (Å²) in [6, 6.07) is 8.08. The molecule has 0 aromatic heterocycles. The number of carboxylic acid groups (broad SMARTS) is 1. The van der Waals surface area contributed by atoms with Gasteiger partial charge in [0.15, 0.2) is 0 Å². The van der Waals surface area contributed by atoms with E-state index in [1.807, 2.05) is 30.3 Å². The van der Waals surface area contributed by atoms with Gasteiger partial charge in [0.2, 0.25) is 11.8 Å². The second kappa shape index (κ2) is 10.00. The molecule has 2 rings (SSSR count). The topological polar surface area (TPSA) is 130 Å². The number of nitrogens with two attached hydrogens (primary N) is 1. The molecule has 8 nitrogen and oxygen atoms in total. The molecule has 0 spiro atoms. The molecule has 0 bridgehead atoms. The molecule has 1 fully saturated rings. The maximum Gasteiger partial charge on any atom is 0.326 e. The number of nitrogens with one attached hydrogen (secondary N) is 1. The van der Waals surface area contributed by atoms with Crippen LogP contribution in [0.4, 0.5) is 0 Å². The predicted octanol–water partition coefficient (Wildman–Crippen LogP) is 1.11. The fraction of sp³-hybridized carbons (Fsp3) is 0.278. The van der Waals surface area contributed by atoms with E-state index in [9.17, 15) is 19.2 Å². The number of amides is 3. The zero-order chi connectivity index (χ0) is 20.7. The van der Waals surface area contributed by atoms with Crippen molar-refractivity contribution in [2.45, 2.75) is 25.3 Å². The first kappa shape index (κ1) is 21.6. The summed E-state index contributed by atoms with van der Waals surface area (Å²) in [5, 5.41) is 11.4. The van der Waals surface area contributed by atoms with Crippen molar-refractivity contribution in [3.05, 3.63) is 40.8 Å². The number of primary amides is 1. The van der Waals surface area contributed by atoms with E-state index in [4.69, 9.17) is 23.1 Å². The van der Waals surface area contributed by atoms with Gasteiger partial charge >= 0.3 is 5.97 Å². The van der Waals surface area contributed by atoms with Gasteiger partial charge < -0.3 is 16.2 Å². The van der Waals surface area contributed by atoms with Crippen molar-refractivity contribution in [1.29, 1.82) is 0 Å². The summed E-state index contributed by atoms with van der Waals surface area (Å²) in [5.74, 6) is -2.76. The Bertz CT molecular complexity index is 826. The van der Waals surface area contributed by atoms with E-state index in [1.54, 1.807) is 6.08 Å². The van der Waals surface area contributed by atoms with E-state index in [0.29, 0.717) is 9.23 Å². The van der Waals surface area contributed by atoms with Crippen LogP contribution in [0.2, 0.25) is 0 Å². The average Bonchev–Trinajstić information content (AvgIpc) is 2.90. The van der Waals surface area contributed by atoms with Crippen molar-refractivity contribution < 1.29 is 24.3 Å². The maximum atomic E-state index is 12.5. The summed E-state index contributed by atoms with van der Waals surface area (Å²) in [6.07, 6.45) is 1.35. The Morgan fingerprint density at radius 3 is 2.54 bits per heavy atom. The maximum absolute atomic E-state index is 12.5. The Balaban J connectivity index is 1.92. The van der Waals surface area contributed by atoms with Crippen LogP contribution in [0.5, 0.6) is 0 Å². The quantitative estimate of drug-likeness (QED) is 0.402. The molecule has 0 saturated carbocycles. The molecule has 10 heteroatoms. The lowest BCUT2D eigenvalue weighted by atomic mass is 10.1. The van der Waals surface area contributed by atoms with E-state index in [2.05, 4.69) is 5.32 Å². The largest absolute Gasteiger partial charge is 0.480 e. The lowest BCUT2D eigenvalue weighted by Crippen LogP contribution is -2.42. The van der Waals surface area contributed by atoms with Gasteiger partial charge in [-0.2, -0.15) is 0 Å². The number of carbonyl (C=O) groups is 4. The molecule has 1 unspecified atom stereocenters. The third-order valence-electron chi connectivity index (χ3n) is 3.85. The monoisotopic (exact) mass is 421 g/mol. The van der Waals surface area contributed by atoms with Gasteiger partial charge in [-0.15, -0.1) is 0 Å². The summed E-state index contributed by atoms with van der Waals surface area (Å²) >= 11 is 6.36. The first-order valence-electron chi connectivity index (χ1n) is 8.39. The number of carbonyl (C=O) groups excluding carboxylic acids is 3. The van der Waals surface area contributed by atoms with Crippen molar-refractivity contribution in [1.82, 2.24) is 10.2 Å². The van der Waals surface area contributed by atoms with E-state index < -0.39 is 23.8 Å². The van der Waals surface area contributed by atoms with E-state index in [1.165, 1.54) is 4.90 Å². The van der Waals surface area contributed by atoms with Gasteiger partial charge in [0.05, 0.1) is 4.91 Å². The number of thioether (sulfide) groups is 1. The van der Waals surface area contributed by atoms with Crippen LogP contribution in [0, 0.1) is 0 Å². The summed E-state index contributed by atoms with van der Waals surface area (Å²) in [5.41, 5.74) is 5.86. The van der Waals surface area contributed by atoms with Crippen LogP contribution in [0.15, 0.2) is 35.2 Å². The highest BCUT2D eigenvalue weighted by molar-refractivity contribution is 8.26. The number of aliphatic carboxylic acids is 1. The van der Waals surface area contributed by atoms with Gasteiger partial charge in [-0.05, 0) is 18.1 Å². The molecule has 3 amide bonds. The summed E-state index contributed by atoms with van der Waals surface area (Å²) < 4.78 is 0.337. The minimum atomic E-state index is -1.26. The minimum Gasteiger partial charge on any atom is -0.480 e. The van der Waals surface area contributed by atoms with Crippen LogP contribution in [0.1, 0.15) is 24.8 Å². The SMILES string of the molecule is NC(=O)CCC(NC(=O)CCN1C(=O)/C(=C\c2ccccc2)SC1=S)C(=O)O. The van der Waals surface area contributed by atoms with E-state index >= 15 is 0 Å². The molecular formula is C18H19N3O5S2. The van der Waals surface area contributed by atoms with E-state index in [-0.39, 0.29) is 31.7 Å². The molecule has 0 radical (unpaired) electrons. The fourth-order valence-corrected chi connectivity index (χ4v) is 3.73. The number of rotatable bonds is 9. The number of carboxylic acids is 1. The lowest BCUT2D eigenvalue weighted by Gasteiger charge is -2.16. The number of benzene rings is 1. The van der Waals surface area contributed by atoms with Crippen molar-refractivity contribution in [2.75, 3.05) is 6.54 Å². The highest BCUT2D eigenvalue weighted by atomic mass is 32.2. The fourth-order valence-electron chi connectivity index (χ4n) is 2.42. The summed E-state index contributed by atoms with van der Waals surface area (Å²) in [7, 11) is 0. The molecular weight excluding hydrogens is 402 g/mol. The number of nitrogens with zero attached hydrogens (tertiary/aromatic N) is 1. The summed E-state index contributed by atoms with van der Waals surface area (Å²) in [6.45, 7) is 0.0325. The number of hydrogen-bond donors (Lipinski definition) is 3. The molecule has 1 aromatic carbocycles. The lowest BCUT2D eigenvalue weighted by molar-refractivity contribution is -0.142. The Hall–Kier alpha value is -2.72. The van der Waals surface area contributed by atoms with Crippen LogP contribution in [0.3, 0.4) is 0 Å². The van der Waals surface area contributed by atoms with Gasteiger partial charge in [0.1, 0.15) is 10.4 Å². The second-order valence-electron chi connectivity index (χ2n) is 5.96. The normalized spacial score (nSPS) is 16.3. The Labute approximate surface area is 171 Å². The molecule has 148 valence electrons. The van der Waals surface area contributed by atoms with Gasteiger partial charge in [0, 0.05) is 19.4 Å². The molecule has 1 aliphatic rings. The van der Waals surface area contributed by atoms with Gasteiger partial charge in [0.25, 0.3) is 5.91 Å². The zero-order valence-electron chi connectivity index (χ0n) is 14.8. The smallest absolute Gasteiger partial charge is 0.326 e. The van der Waals surface area contributed by atoms with Crippen LogP contribution in [0.25, 0.3) is 6.08 Å². The highest BCUT2D eigenvalue weighted by Crippen LogP contribution is 2.32. The number of thiocarbonyl (C=S) groups is 1. The molecule has 1 aliphatic heterocycles. The predicted molar refractivity (Wildman–Crippen MR) is 109 cm³/mol. The van der Waals surface area contributed by atoms with Crippen molar-refractivity contribution in [2.24, 2.45) is 5.73 Å². The van der Waals surface area contributed by atoms with E-state index in [0.717, 1.165) is 17.3 Å². The van der Waals surface area contributed by atoms with Gasteiger partial charge in [-0.1, -0.05) is 54.3 Å². The molecule has 4 N–H and O–H groups in total. The minimum absolute atomic E-state index is 0.0325. The average molecular weight is 422 g/mol. The molecule has 1 heterocycles. The van der Waals surface area contributed by atoms with Crippen LogP contribution in [-0.4, -0.2) is 50.6 Å². The van der Waals surface area contributed by atoms with Crippen LogP contribution < -0.4 is 11.1 Å². The first-order chi connectivity index (χ1) is 13.3. The van der Waals surface area contributed by atoms with Crippen molar-refractivity contribution >= 4 is 58.1 Å². The van der Waals surface area contributed by atoms with Gasteiger partial charge in [-0.25, -0.2) is 4.79 Å². The molecule has 28 heavy (non-hydrogen) atoms. The molecule has 1 atom stereocenters. The van der Waals surface area contributed by atoms with Crippen LogP contribution in [-0.2, 0) is 19.2 Å². The van der Waals surface area contributed by atoms with Crippen molar-refractivity contribution in [3.63, 3.8) is 0 Å². The molecule has 1 saturated heterocycles.